The van der Waals surface area contributed by atoms with Crippen molar-refractivity contribution in [3.8, 4) is 50.7 Å². The first-order chi connectivity index (χ1) is 38.3. The molecule has 0 N–H and O–H groups in total. The minimum absolute atomic E-state index is 0.0340. The molecule has 0 aliphatic carbocycles. The fourth-order valence-corrected chi connectivity index (χ4v) is 11.6. The van der Waals surface area contributed by atoms with E-state index in [9.17, 15) is 0 Å². The Balaban J connectivity index is 0.936. The van der Waals surface area contributed by atoms with Crippen molar-refractivity contribution in [1.29, 1.82) is 0 Å². The van der Waals surface area contributed by atoms with E-state index in [0.717, 1.165) is 73.0 Å². The maximum Gasteiger partial charge on any atom is 0.137 e. The molecule has 5 heteroatoms. The molecule has 0 bridgehead atoms. The van der Waals surface area contributed by atoms with Crippen LogP contribution in [-0.2, 0) is 21.7 Å². The van der Waals surface area contributed by atoms with Gasteiger partial charge in [-0.2, -0.15) is 0 Å². The first-order valence-corrected chi connectivity index (χ1v) is 28.3. The highest BCUT2D eigenvalue weighted by Gasteiger charge is 2.32. The van der Waals surface area contributed by atoms with Crippen LogP contribution in [0.3, 0.4) is 0 Å². The number of hydrogen-bond donors (Lipinski definition) is 0. The molecule has 0 fully saturated rings. The third kappa shape index (κ3) is 9.84. The second-order valence-electron chi connectivity index (χ2n) is 25.5. The molecule has 0 unspecified atom stereocenters. The summed E-state index contributed by atoms with van der Waals surface area (Å²) in [5, 5.41) is 2.30. The number of para-hydroxylation sites is 1. The lowest BCUT2D eigenvalue weighted by Crippen LogP contribution is -2.24. The minimum atomic E-state index is -0.344. The van der Waals surface area contributed by atoms with Gasteiger partial charge in [-0.25, -0.2) is 4.98 Å². The zero-order chi connectivity index (χ0) is 55.7. The fraction of sp³-hybridized carbons (Fsp3) is 0.213. The summed E-state index contributed by atoms with van der Waals surface area (Å²) in [6.45, 7) is 25.9. The minimum Gasteiger partial charge on any atom is -0.457 e. The average molecular weight is 1050 g/mol. The van der Waals surface area contributed by atoms with E-state index in [1.54, 1.807) is 0 Å². The highest BCUT2D eigenvalue weighted by Crippen LogP contribution is 2.49. The van der Waals surface area contributed by atoms with Crippen LogP contribution in [0.15, 0.2) is 225 Å². The van der Waals surface area contributed by atoms with E-state index < -0.39 is 0 Å². The molecule has 9 aromatic carbocycles. The largest absolute Gasteiger partial charge is 0.457 e. The van der Waals surface area contributed by atoms with Crippen molar-refractivity contribution in [2.45, 2.75) is 97.8 Å². The van der Waals surface area contributed by atoms with E-state index >= 15 is 0 Å². The van der Waals surface area contributed by atoms with Gasteiger partial charge >= 0.3 is 0 Å². The van der Waals surface area contributed by atoms with Crippen LogP contribution in [0.5, 0.6) is 11.5 Å². The number of ether oxygens (including phenoxy) is 1. The van der Waals surface area contributed by atoms with Crippen LogP contribution in [0.4, 0.5) is 22.7 Å². The highest BCUT2D eigenvalue weighted by atomic mass is 16.5. The van der Waals surface area contributed by atoms with Gasteiger partial charge in [-0.15, -0.1) is 0 Å². The van der Waals surface area contributed by atoms with Crippen LogP contribution < -0.4 is 14.5 Å². The maximum absolute atomic E-state index is 6.99. The van der Waals surface area contributed by atoms with Crippen LogP contribution in [-0.4, -0.2) is 16.2 Å². The van der Waals surface area contributed by atoms with Gasteiger partial charge in [0.15, 0.2) is 0 Å². The molecule has 12 rings (SSSR count). The molecular formula is C75H72N4O. The maximum atomic E-state index is 6.99. The normalized spacial score (nSPS) is 13.1. The summed E-state index contributed by atoms with van der Waals surface area (Å²) in [6, 6.07) is 79.8. The Morgan fingerprint density at radius 3 is 1.71 bits per heavy atom. The van der Waals surface area contributed by atoms with E-state index in [1.807, 2.05) is 0 Å². The highest BCUT2D eigenvalue weighted by molar-refractivity contribution is 6.09. The van der Waals surface area contributed by atoms with Gasteiger partial charge in [0.05, 0.1) is 22.4 Å². The summed E-state index contributed by atoms with van der Waals surface area (Å²) in [6.07, 6.45) is 2.08. The van der Waals surface area contributed by atoms with Gasteiger partial charge in [0.2, 0.25) is 0 Å². The number of benzene rings is 9. The number of aromatic nitrogens is 2. The zero-order valence-electron chi connectivity index (χ0n) is 48.3. The molecule has 0 atom stereocenters. The summed E-state index contributed by atoms with van der Waals surface area (Å²) in [7, 11) is 0. The molecule has 0 amide bonds. The lowest BCUT2D eigenvalue weighted by molar-refractivity contribution is 0.483. The van der Waals surface area contributed by atoms with Gasteiger partial charge in [0, 0.05) is 51.5 Å². The molecule has 0 spiro atoms. The van der Waals surface area contributed by atoms with Crippen LogP contribution in [0.2, 0.25) is 0 Å². The van der Waals surface area contributed by atoms with Gasteiger partial charge in [-0.1, -0.05) is 222 Å². The summed E-state index contributed by atoms with van der Waals surface area (Å²) in [4.78, 5) is 10.3. The second kappa shape index (κ2) is 19.9. The molecule has 1 aliphatic heterocycles. The van der Waals surface area contributed by atoms with Crippen molar-refractivity contribution < 1.29 is 4.74 Å². The molecule has 2 aromatic heterocycles. The molecule has 1 aliphatic rings. The first kappa shape index (κ1) is 52.1. The van der Waals surface area contributed by atoms with Crippen molar-refractivity contribution in [2.24, 2.45) is 0 Å². The zero-order valence-corrected chi connectivity index (χ0v) is 48.3. The van der Waals surface area contributed by atoms with E-state index in [0.29, 0.717) is 6.67 Å². The summed E-state index contributed by atoms with van der Waals surface area (Å²) in [5.74, 6) is 2.36. The lowest BCUT2D eigenvalue weighted by Gasteiger charge is -2.29. The van der Waals surface area contributed by atoms with Crippen LogP contribution in [0.1, 0.15) is 104 Å². The van der Waals surface area contributed by atoms with E-state index in [4.69, 9.17) is 9.72 Å². The predicted octanol–water partition coefficient (Wildman–Crippen LogP) is 20.4. The average Bonchev–Trinajstić information content (AvgIpc) is 4.03. The van der Waals surface area contributed by atoms with Crippen molar-refractivity contribution in [2.75, 3.05) is 16.5 Å². The summed E-state index contributed by atoms with van der Waals surface area (Å²) in [5.41, 5.74) is 19.7. The number of rotatable bonds is 10. The second-order valence-corrected chi connectivity index (χ2v) is 25.5. The SMILES string of the molecule is CC(C)(C)c1ccc(-c2cnc(-n3c4ccccc4c4ccc(Oc5cccc(N6CN(c7cc(-c8cccc(C(C)(C)C)c8)cc(C(C)(C)C)c7)c7ccc(-c8ccccc8)cc76)c5)cc43)cc2C(C)(C)c2ccccc2)cc1. The molecule has 0 saturated carbocycles. The van der Waals surface area contributed by atoms with Gasteiger partial charge in [0.1, 0.15) is 24.0 Å². The Kier molecular flexibility index (Phi) is 12.9. The third-order valence-corrected chi connectivity index (χ3v) is 16.5. The van der Waals surface area contributed by atoms with Gasteiger partial charge < -0.3 is 14.5 Å². The van der Waals surface area contributed by atoms with Gasteiger partial charge in [0.25, 0.3) is 0 Å². The number of fused-ring (bicyclic) bond motifs is 4. The molecule has 398 valence electrons. The summed E-state index contributed by atoms with van der Waals surface area (Å²) >= 11 is 0. The van der Waals surface area contributed by atoms with Crippen LogP contribution in [0.25, 0.3) is 61.0 Å². The number of anilines is 4. The lowest BCUT2D eigenvalue weighted by atomic mass is 9.75. The molecular weight excluding hydrogens is 973 g/mol. The Morgan fingerprint density at radius 2 is 0.975 bits per heavy atom. The molecule has 3 heterocycles. The number of pyridine rings is 1. The Labute approximate surface area is 473 Å². The monoisotopic (exact) mass is 1040 g/mol. The third-order valence-electron chi connectivity index (χ3n) is 16.5. The van der Waals surface area contributed by atoms with Gasteiger partial charge in [-0.3, -0.25) is 4.57 Å². The molecule has 80 heavy (non-hydrogen) atoms. The number of hydrogen-bond acceptors (Lipinski definition) is 4. The standard InChI is InChI=1S/C75H72N4O/c1-72(2,3)55-35-32-51(33-36-55)65-48-76-71(47-66(65)75(10,11)56-25-16-13-17-26-56)79-67-31-19-18-30-63(67)64-38-37-62(46-69(64)79)80-61-29-21-28-59(45-61)77-49-78(68-39-34-53(43-70(68)77)50-22-14-12-15-23-50)60-42-54(41-58(44-60)74(7,8)9)52-24-20-27-57(40-52)73(4,5)6/h12-48H,49H2,1-11H3. The van der Waals surface area contributed by atoms with E-state index in [2.05, 4.69) is 315 Å². The summed E-state index contributed by atoms with van der Waals surface area (Å²) < 4.78 is 9.30. The van der Waals surface area contributed by atoms with E-state index in [1.165, 1.54) is 50.1 Å². The molecule has 0 saturated heterocycles. The van der Waals surface area contributed by atoms with Crippen molar-refractivity contribution in [3.05, 3.63) is 252 Å². The molecule has 0 radical (unpaired) electrons. The molecule has 11 aromatic rings. The topological polar surface area (TPSA) is 33.5 Å². The Morgan fingerprint density at radius 1 is 0.375 bits per heavy atom. The van der Waals surface area contributed by atoms with Crippen molar-refractivity contribution >= 4 is 44.6 Å². The predicted molar refractivity (Wildman–Crippen MR) is 338 cm³/mol. The fourth-order valence-electron chi connectivity index (χ4n) is 11.6. The quantitative estimate of drug-likeness (QED) is 0.137. The van der Waals surface area contributed by atoms with Gasteiger partial charge in [-0.05, 0) is 133 Å². The van der Waals surface area contributed by atoms with Crippen molar-refractivity contribution in [1.82, 2.24) is 9.55 Å². The van der Waals surface area contributed by atoms with Crippen LogP contribution >= 0.6 is 0 Å². The molecule has 5 nitrogen and oxygen atoms in total. The smallest absolute Gasteiger partial charge is 0.137 e. The first-order valence-electron chi connectivity index (χ1n) is 28.3. The van der Waals surface area contributed by atoms with E-state index in [-0.39, 0.29) is 21.7 Å². The number of nitrogens with zero attached hydrogens (tertiary/aromatic N) is 4. The Bertz CT molecular complexity index is 4090. The van der Waals surface area contributed by atoms with Crippen LogP contribution in [0, 0.1) is 0 Å². The Hall–Kier alpha value is -8.67. The van der Waals surface area contributed by atoms with Crippen molar-refractivity contribution in [3.63, 3.8) is 0 Å².